The van der Waals surface area contributed by atoms with Crippen molar-refractivity contribution in [3.63, 3.8) is 0 Å². The minimum atomic E-state index is 0.900. The van der Waals surface area contributed by atoms with Crippen LogP contribution in [0.5, 0.6) is 0 Å². The molecule has 0 spiro atoms. The van der Waals surface area contributed by atoms with Crippen LogP contribution in [0.1, 0.15) is 24.8 Å². The first-order chi connectivity index (χ1) is 7.88. The minimum absolute atomic E-state index is 0.900. The maximum Gasteiger partial charge on any atom is 0.0233 e. The maximum atomic E-state index is 3.55. The Bertz CT molecular complexity index is 297. The molecule has 0 aliphatic carbocycles. The maximum absolute atomic E-state index is 3.55. The fraction of sp³-hybridized carbons (Fsp3) is 0.571. The zero-order valence-electron chi connectivity index (χ0n) is 9.74. The molecular weight excluding hydrogens is 262 g/mol. The predicted molar refractivity (Wildman–Crippen MR) is 72.9 cm³/mol. The fourth-order valence-electron chi connectivity index (χ4n) is 2.53. The van der Waals surface area contributed by atoms with Crippen molar-refractivity contribution in [1.82, 2.24) is 4.90 Å². The van der Waals surface area contributed by atoms with Gasteiger partial charge >= 0.3 is 0 Å². The van der Waals surface area contributed by atoms with Crippen molar-refractivity contribution in [1.29, 1.82) is 0 Å². The summed E-state index contributed by atoms with van der Waals surface area (Å²) in [7, 11) is 0. The Labute approximate surface area is 107 Å². The van der Waals surface area contributed by atoms with Crippen LogP contribution in [0, 0.1) is 5.92 Å². The number of nitrogens with zero attached hydrogens (tertiary/aromatic N) is 1. The number of halogens is 1. The van der Waals surface area contributed by atoms with Gasteiger partial charge in [0.25, 0.3) is 0 Å². The molecule has 1 heterocycles. The zero-order chi connectivity index (χ0) is 11.2. The number of piperidine rings is 1. The average molecular weight is 282 g/mol. The number of rotatable bonds is 4. The molecule has 1 aliphatic rings. The Hall–Kier alpha value is -0.340. The molecule has 16 heavy (non-hydrogen) atoms. The quantitative estimate of drug-likeness (QED) is 0.761. The minimum Gasteiger partial charge on any atom is -0.299 e. The SMILES string of the molecule is BrCC[C@@H]1CCCN(Cc2ccccc2)C1. The molecule has 0 unspecified atom stereocenters. The van der Waals surface area contributed by atoms with E-state index in [4.69, 9.17) is 0 Å². The lowest BCUT2D eigenvalue weighted by molar-refractivity contribution is 0.165. The molecule has 0 N–H and O–H groups in total. The van der Waals surface area contributed by atoms with Gasteiger partial charge in [-0.2, -0.15) is 0 Å². The number of benzene rings is 1. The summed E-state index contributed by atoms with van der Waals surface area (Å²) < 4.78 is 0. The second-order valence-corrected chi connectivity index (χ2v) is 5.50. The van der Waals surface area contributed by atoms with Gasteiger partial charge < -0.3 is 0 Å². The third-order valence-corrected chi connectivity index (χ3v) is 3.83. The fourth-order valence-corrected chi connectivity index (χ4v) is 3.17. The van der Waals surface area contributed by atoms with Gasteiger partial charge in [0.2, 0.25) is 0 Å². The Morgan fingerprint density at radius 3 is 2.81 bits per heavy atom. The average Bonchev–Trinajstić information content (AvgIpc) is 2.31. The van der Waals surface area contributed by atoms with Gasteiger partial charge in [-0.05, 0) is 37.3 Å². The molecule has 2 heteroatoms. The van der Waals surface area contributed by atoms with E-state index >= 15 is 0 Å². The Morgan fingerprint density at radius 2 is 2.06 bits per heavy atom. The van der Waals surface area contributed by atoms with Gasteiger partial charge in [0.1, 0.15) is 0 Å². The molecule has 0 radical (unpaired) electrons. The van der Waals surface area contributed by atoms with Crippen LogP contribution in [-0.2, 0) is 6.54 Å². The third-order valence-electron chi connectivity index (χ3n) is 3.37. The van der Waals surface area contributed by atoms with Crippen molar-refractivity contribution in [2.75, 3.05) is 18.4 Å². The van der Waals surface area contributed by atoms with Crippen LogP contribution in [0.15, 0.2) is 30.3 Å². The molecule has 1 aromatic carbocycles. The number of hydrogen-bond acceptors (Lipinski definition) is 1. The van der Waals surface area contributed by atoms with E-state index in [1.807, 2.05) is 0 Å². The summed E-state index contributed by atoms with van der Waals surface area (Å²) in [6.07, 6.45) is 4.10. The van der Waals surface area contributed by atoms with E-state index in [1.54, 1.807) is 0 Å². The highest BCUT2D eigenvalue weighted by Crippen LogP contribution is 2.21. The van der Waals surface area contributed by atoms with Gasteiger partial charge in [-0.1, -0.05) is 46.3 Å². The zero-order valence-corrected chi connectivity index (χ0v) is 11.3. The van der Waals surface area contributed by atoms with Crippen molar-refractivity contribution in [2.45, 2.75) is 25.8 Å². The Kier molecular flexibility index (Phi) is 4.86. The van der Waals surface area contributed by atoms with Crippen molar-refractivity contribution in [3.05, 3.63) is 35.9 Å². The van der Waals surface area contributed by atoms with Gasteiger partial charge in [0.15, 0.2) is 0 Å². The van der Waals surface area contributed by atoms with Gasteiger partial charge in [-0.3, -0.25) is 4.90 Å². The molecule has 1 saturated heterocycles. The summed E-state index contributed by atoms with van der Waals surface area (Å²) in [6.45, 7) is 3.67. The summed E-state index contributed by atoms with van der Waals surface area (Å²) in [5.74, 6) is 0.900. The molecule has 1 aliphatic heterocycles. The van der Waals surface area contributed by atoms with Crippen LogP contribution in [0.3, 0.4) is 0 Å². The summed E-state index contributed by atoms with van der Waals surface area (Å²) >= 11 is 3.55. The number of alkyl halides is 1. The normalized spacial score (nSPS) is 22.2. The first-order valence-electron chi connectivity index (χ1n) is 6.20. The molecule has 1 atom stereocenters. The lowest BCUT2D eigenvalue weighted by Crippen LogP contribution is -2.35. The summed E-state index contributed by atoms with van der Waals surface area (Å²) in [5.41, 5.74) is 1.45. The van der Waals surface area contributed by atoms with E-state index < -0.39 is 0 Å². The van der Waals surface area contributed by atoms with E-state index in [0.29, 0.717) is 0 Å². The first kappa shape index (κ1) is 12.1. The number of likely N-dealkylation sites (tertiary alicyclic amines) is 1. The van der Waals surface area contributed by atoms with Gasteiger partial charge in [-0.15, -0.1) is 0 Å². The summed E-state index contributed by atoms with van der Waals surface area (Å²) in [5, 5.41) is 1.15. The third kappa shape index (κ3) is 3.60. The monoisotopic (exact) mass is 281 g/mol. The first-order valence-corrected chi connectivity index (χ1v) is 7.33. The summed E-state index contributed by atoms with van der Waals surface area (Å²) in [4.78, 5) is 2.60. The molecular formula is C14H20BrN. The van der Waals surface area contributed by atoms with Gasteiger partial charge in [0.05, 0.1) is 0 Å². The molecule has 88 valence electrons. The van der Waals surface area contributed by atoms with Crippen LogP contribution in [0.4, 0.5) is 0 Å². The predicted octanol–water partition coefficient (Wildman–Crippen LogP) is 3.68. The molecule has 1 aromatic rings. The highest BCUT2D eigenvalue weighted by molar-refractivity contribution is 9.09. The molecule has 0 aromatic heterocycles. The van der Waals surface area contributed by atoms with Crippen LogP contribution in [0.2, 0.25) is 0 Å². The second kappa shape index (κ2) is 6.41. The molecule has 2 rings (SSSR count). The number of hydrogen-bond donors (Lipinski definition) is 0. The van der Waals surface area contributed by atoms with Gasteiger partial charge in [0, 0.05) is 18.4 Å². The van der Waals surface area contributed by atoms with Crippen LogP contribution < -0.4 is 0 Å². The summed E-state index contributed by atoms with van der Waals surface area (Å²) in [6, 6.07) is 10.8. The standard InChI is InChI=1S/C14H20BrN/c15-9-8-14-7-4-10-16(12-14)11-13-5-2-1-3-6-13/h1-3,5-6,14H,4,7-12H2/t14-/m0/s1. The van der Waals surface area contributed by atoms with Crippen molar-refractivity contribution >= 4 is 15.9 Å². The second-order valence-electron chi connectivity index (χ2n) is 4.71. The highest BCUT2D eigenvalue weighted by atomic mass is 79.9. The van der Waals surface area contributed by atoms with E-state index in [1.165, 1.54) is 37.9 Å². The molecule has 0 amide bonds. The van der Waals surface area contributed by atoms with Crippen molar-refractivity contribution in [3.8, 4) is 0 Å². The van der Waals surface area contributed by atoms with Crippen molar-refractivity contribution < 1.29 is 0 Å². The van der Waals surface area contributed by atoms with Crippen LogP contribution >= 0.6 is 15.9 Å². The molecule has 1 nitrogen and oxygen atoms in total. The van der Waals surface area contributed by atoms with E-state index in [9.17, 15) is 0 Å². The van der Waals surface area contributed by atoms with Crippen LogP contribution in [-0.4, -0.2) is 23.3 Å². The molecule has 0 saturated carbocycles. The van der Waals surface area contributed by atoms with E-state index in [2.05, 4.69) is 51.2 Å². The molecule has 0 bridgehead atoms. The lowest BCUT2D eigenvalue weighted by atomic mass is 9.95. The van der Waals surface area contributed by atoms with E-state index in [0.717, 1.165) is 17.8 Å². The molecule has 1 fully saturated rings. The Morgan fingerprint density at radius 1 is 1.25 bits per heavy atom. The lowest BCUT2D eigenvalue weighted by Gasteiger charge is -2.32. The van der Waals surface area contributed by atoms with Gasteiger partial charge in [-0.25, -0.2) is 0 Å². The topological polar surface area (TPSA) is 3.24 Å². The van der Waals surface area contributed by atoms with Crippen LogP contribution in [0.25, 0.3) is 0 Å². The largest absolute Gasteiger partial charge is 0.299 e. The highest BCUT2D eigenvalue weighted by Gasteiger charge is 2.18. The Balaban J connectivity index is 1.85. The van der Waals surface area contributed by atoms with E-state index in [-0.39, 0.29) is 0 Å². The smallest absolute Gasteiger partial charge is 0.0233 e. The van der Waals surface area contributed by atoms with Crippen molar-refractivity contribution in [2.24, 2.45) is 5.92 Å².